The summed E-state index contributed by atoms with van der Waals surface area (Å²) in [6, 6.07) is -0.551. The molecule has 0 spiro atoms. The molecule has 0 unspecified atom stereocenters. The van der Waals surface area contributed by atoms with E-state index in [0.29, 0.717) is 0 Å². The minimum absolute atomic E-state index is 0. The van der Waals surface area contributed by atoms with E-state index in [1.54, 1.807) is 19.0 Å². The lowest BCUT2D eigenvalue weighted by Gasteiger charge is -2.17. The van der Waals surface area contributed by atoms with Crippen LogP contribution >= 0.6 is 12.4 Å². The fourth-order valence-corrected chi connectivity index (χ4v) is 0.508. The number of rotatable bonds is 3. The summed E-state index contributed by atoms with van der Waals surface area (Å²) in [7, 11) is 3.37. The first kappa shape index (κ1) is 12.4. The van der Waals surface area contributed by atoms with Gasteiger partial charge in [-0.25, -0.2) is 0 Å². The second-order valence-electron chi connectivity index (χ2n) is 2.06. The molecule has 3 N–H and O–H groups in total. The molecule has 4 nitrogen and oxygen atoms in total. The van der Waals surface area contributed by atoms with Crippen molar-refractivity contribution in [2.24, 2.45) is 5.73 Å². The number of carbonyl (C=O) groups excluding carboxylic acids is 1. The SMILES string of the molecule is CN(C)[C@H](CO)C(N)=O.Cl. The molecule has 0 rings (SSSR count). The minimum atomic E-state index is -0.551. The predicted molar refractivity (Wildman–Crippen MR) is 41.0 cm³/mol. The van der Waals surface area contributed by atoms with E-state index in [-0.39, 0.29) is 19.0 Å². The number of likely N-dealkylation sites (N-methyl/N-ethyl adjacent to an activating group) is 1. The molecule has 10 heavy (non-hydrogen) atoms. The summed E-state index contributed by atoms with van der Waals surface area (Å²) < 4.78 is 0. The van der Waals surface area contributed by atoms with Gasteiger partial charge in [-0.05, 0) is 14.1 Å². The van der Waals surface area contributed by atoms with Crippen molar-refractivity contribution in [1.29, 1.82) is 0 Å². The Balaban J connectivity index is 0. The summed E-state index contributed by atoms with van der Waals surface area (Å²) >= 11 is 0. The number of primary amides is 1. The summed E-state index contributed by atoms with van der Waals surface area (Å²) in [6.07, 6.45) is 0. The van der Waals surface area contributed by atoms with Crippen molar-refractivity contribution in [1.82, 2.24) is 4.90 Å². The van der Waals surface area contributed by atoms with Crippen LogP contribution in [0, 0.1) is 0 Å². The molecule has 0 bridgehead atoms. The Kier molecular flexibility index (Phi) is 6.76. The predicted octanol–water partition coefficient (Wildman–Crippen LogP) is -1.18. The first-order chi connectivity index (χ1) is 4.09. The van der Waals surface area contributed by atoms with Crippen LogP contribution < -0.4 is 5.73 Å². The quantitative estimate of drug-likeness (QED) is 0.558. The molecule has 0 fully saturated rings. The number of carbonyl (C=O) groups is 1. The number of amides is 1. The highest BCUT2D eigenvalue weighted by Crippen LogP contribution is 1.88. The summed E-state index contributed by atoms with van der Waals surface area (Å²) in [5, 5.41) is 8.52. The zero-order valence-corrected chi connectivity index (χ0v) is 6.89. The van der Waals surface area contributed by atoms with Crippen LogP contribution in [0.4, 0.5) is 0 Å². The molecule has 0 heterocycles. The van der Waals surface area contributed by atoms with Gasteiger partial charge in [-0.15, -0.1) is 12.4 Å². The van der Waals surface area contributed by atoms with Crippen LogP contribution in [0.1, 0.15) is 0 Å². The van der Waals surface area contributed by atoms with E-state index in [0.717, 1.165) is 0 Å². The van der Waals surface area contributed by atoms with Crippen molar-refractivity contribution in [3.05, 3.63) is 0 Å². The van der Waals surface area contributed by atoms with Gasteiger partial charge in [0, 0.05) is 0 Å². The number of halogens is 1. The van der Waals surface area contributed by atoms with E-state index in [1.807, 2.05) is 0 Å². The van der Waals surface area contributed by atoms with Crippen molar-refractivity contribution in [3.8, 4) is 0 Å². The van der Waals surface area contributed by atoms with Gasteiger partial charge in [0.05, 0.1) is 6.61 Å². The maximum atomic E-state index is 10.4. The maximum Gasteiger partial charge on any atom is 0.237 e. The van der Waals surface area contributed by atoms with Gasteiger partial charge in [0.1, 0.15) is 6.04 Å². The molecular weight excluding hydrogens is 156 g/mol. The standard InChI is InChI=1S/C5H12N2O2.ClH/c1-7(2)4(3-8)5(6)9;/h4,8H,3H2,1-2H3,(H2,6,9);1H/t4-;/m1./s1. The van der Waals surface area contributed by atoms with E-state index >= 15 is 0 Å². The fraction of sp³-hybridized carbons (Fsp3) is 0.800. The maximum absolute atomic E-state index is 10.4. The van der Waals surface area contributed by atoms with Crippen LogP contribution in [0.25, 0.3) is 0 Å². The van der Waals surface area contributed by atoms with Crippen molar-refractivity contribution in [2.45, 2.75) is 6.04 Å². The molecule has 0 saturated carbocycles. The molecule has 0 aliphatic heterocycles. The first-order valence-electron chi connectivity index (χ1n) is 2.66. The summed E-state index contributed by atoms with van der Waals surface area (Å²) in [5.74, 6) is -0.498. The van der Waals surface area contributed by atoms with E-state index in [2.05, 4.69) is 0 Å². The largest absolute Gasteiger partial charge is 0.394 e. The van der Waals surface area contributed by atoms with Gasteiger partial charge in [0.15, 0.2) is 0 Å². The van der Waals surface area contributed by atoms with Crippen molar-refractivity contribution in [3.63, 3.8) is 0 Å². The smallest absolute Gasteiger partial charge is 0.237 e. The second-order valence-corrected chi connectivity index (χ2v) is 2.06. The van der Waals surface area contributed by atoms with Crippen LogP contribution in [0.3, 0.4) is 0 Å². The molecule has 0 aromatic carbocycles. The third kappa shape index (κ3) is 3.66. The lowest BCUT2D eigenvalue weighted by Crippen LogP contribution is -2.42. The molecule has 0 saturated heterocycles. The van der Waals surface area contributed by atoms with E-state index < -0.39 is 11.9 Å². The van der Waals surface area contributed by atoms with Gasteiger partial charge in [0.2, 0.25) is 5.91 Å². The number of hydrogen-bond donors (Lipinski definition) is 2. The Morgan fingerprint density at radius 1 is 1.70 bits per heavy atom. The Labute approximate surface area is 66.4 Å². The highest BCUT2D eigenvalue weighted by molar-refractivity contribution is 5.85. The topological polar surface area (TPSA) is 66.6 Å². The van der Waals surface area contributed by atoms with Crippen LogP contribution in [0.15, 0.2) is 0 Å². The molecule has 0 aliphatic rings. The fourth-order valence-electron chi connectivity index (χ4n) is 0.508. The monoisotopic (exact) mass is 168 g/mol. The molecule has 62 valence electrons. The van der Waals surface area contributed by atoms with Gasteiger partial charge in [-0.3, -0.25) is 9.69 Å². The van der Waals surface area contributed by atoms with Gasteiger partial charge in [-0.2, -0.15) is 0 Å². The minimum Gasteiger partial charge on any atom is -0.394 e. The number of aliphatic hydroxyl groups excluding tert-OH is 1. The second kappa shape index (κ2) is 5.46. The number of nitrogens with two attached hydrogens (primary N) is 1. The molecule has 0 aliphatic carbocycles. The van der Waals surface area contributed by atoms with Crippen LogP contribution in [0.2, 0.25) is 0 Å². The Bertz CT molecular complexity index is 108. The zero-order chi connectivity index (χ0) is 7.44. The van der Waals surface area contributed by atoms with Crippen molar-refractivity contribution >= 4 is 18.3 Å². The third-order valence-electron chi connectivity index (χ3n) is 1.12. The van der Waals surface area contributed by atoms with Crippen molar-refractivity contribution < 1.29 is 9.90 Å². The number of hydrogen-bond acceptors (Lipinski definition) is 3. The normalized spacial score (nSPS) is 12.4. The van der Waals surface area contributed by atoms with Gasteiger partial charge < -0.3 is 10.8 Å². The highest BCUT2D eigenvalue weighted by Gasteiger charge is 2.14. The molecule has 0 aromatic rings. The Morgan fingerprint density at radius 2 is 2.10 bits per heavy atom. The van der Waals surface area contributed by atoms with E-state index in [9.17, 15) is 4.79 Å². The molecule has 5 heteroatoms. The molecule has 0 aromatic heterocycles. The highest BCUT2D eigenvalue weighted by atomic mass is 35.5. The number of nitrogens with zero attached hydrogens (tertiary/aromatic N) is 1. The average molecular weight is 169 g/mol. The van der Waals surface area contributed by atoms with E-state index in [4.69, 9.17) is 10.8 Å². The summed E-state index contributed by atoms with van der Waals surface area (Å²) in [6.45, 7) is -0.220. The van der Waals surface area contributed by atoms with Crippen LogP contribution in [0.5, 0.6) is 0 Å². The van der Waals surface area contributed by atoms with Crippen LogP contribution in [-0.4, -0.2) is 42.7 Å². The number of aliphatic hydroxyl groups is 1. The molecule has 1 amide bonds. The van der Waals surface area contributed by atoms with Gasteiger partial charge in [0.25, 0.3) is 0 Å². The summed E-state index contributed by atoms with van der Waals surface area (Å²) in [5.41, 5.74) is 4.91. The lowest BCUT2D eigenvalue weighted by atomic mass is 10.3. The molecule has 1 atom stereocenters. The van der Waals surface area contributed by atoms with Crippen molar-refractivity contribution in [2.75, 3.05) is 20.7 Å². The van der Waals surface area contributed by atoms with Crippen LogP contribution in [-0.2, 0) is 4.79 Å². The third-order valence-corrected chi connectivity index (χ3v) is 1.12. The van der Waals surface area contributed by atoms with E-state index in [1.165, 1.54) is 0 Å². The lowest BCUT2D eigenvalue weighted by molar-refractivity contribution is -0.123. The first-order valence-corrected chi connectivity index (χ1v) is 2.66. The molecule has 0 radical (unpaired) electrons. The molecular formula is C5H13ClN2O2. The van der Waals surface area contributed by atoms with Gasteiger partial charge in [-0.1, -0.05) is 0 Å². The van der Waals surface area contributed by atoms with Gasteiger partial charge >= 0.3 is 0 Å². The average Bonchev–Trinajstić information content (AvgIpc) is 1.64. The summed E-state index contributed by atoms with van der Waals surface area (Å²) in [4.78, 5) is 12.0. The zero-order valence-electron chi connectivity index (χ0n) is 6.07. The Hall–Kier alpha value is -0.320. The Morgan fingerprint density at radius 3 is 2.10 bits per heavy atom.